The average Bonchev–Trinajstić information content (AvgIpc) is 3.04. The van der Waals surface area contributed by atoms with Crippen LogP contribution in [0.1, 0.15) is 45.1 Å². The standard InChI is InChI=1S/C25H22N2O3/c1-5-27-21-13-23-19(11-15(21)3)25(17-9-7-6-8-16(17)24(28)30-25)18-10-14(2)20(26-4)12-22(18)29-23/h5-13,26H,1-4H3. The van der Waals surface area contributed by atoms with Crippen molar-refractivity contribution in [3.8, 4) is 11.5 Å². The summed E-state index contributed by atoms with van der Waals surface area (Å²) in [5.74, 6) is 0.981. The zero-order valence-corrected chi connectivity index (χ0v) is 17.4. The lowest BCUT2D eigenvalue weighted by atomic mass is 9.76. The molecule has 0 amide bonds. The Hall–Kier alpha value is -3.60. The van der Waals surface area contributed by atoms with E-state index in [1.165, 1.54) is 0 Å². The van der Waals surface area contributed by atoms with Gasteiger partial charge in [0.2, 0.25) is 0 Å². The maximum Gasteiger partial charge on any atom is 0.340 e. The lowest BCUT2D eigenvalue weighted by Crippen LogP contribution is -2.33. The van der Waals surface area contributed by atoms with Gasteiger partial charge in [-0.2, -0.15) is 0 Å². The van der Waals surface area contributed by atoms with E-state index in [1.807, 2.05) is 76.3 Å². The van der Waals surface area contributed by atoms with Crippen LogP contribution in [0.4, 0.5) is 11.4 Å². The van der Waals surface area contributed by atoms with Crippen LogP contribution in [-0.4, -0.2) is 19.2 Å². The Morgan fingerprint density at radius 2 is 1.67 bits per heavy atom. The smallest absolute Gasteiger partial charge is 0.340 e. The number of fused-ring (bicyclic) bond motifs is 6. The summed E-state index contributed by atoms with van der Waals surface area (Å²) in [5, 5.41) is 3.21. The molecule has 0 fully saturated rings. The number of anilines is 1. The van der Waals surface area contributed by atoms with E-state index in [1.54, 1.807) is 6.21 Å². The van der Waals surface area contributed by atoms with Crippen LogP contribution in [0.3, 0.4) is 0 Å². The number of carbonyl (C=O) groups excluding carboxylic acids is 1. The molecule has 3 aromatic rings. The molecule has 1 spiro atoms. The summed E-state index contributed by atoms with van der Waals surface area (Å²) in [6, 6.07) is 15.5. The van der Waals surface area contributed by atoms with Gasteiger partial charge in [0.15, 0.2) is 5.60 Å². The maximum absolute atomic E-state index is 12.9. The summed E-state index contributed by atoms with van der Waals surface area (Å²) in [5.41, 5.74) is 5.84. The van der Waals surface area contributed by atoms with Crippen LogP contribution >= 0.6 is 0 Å². The van der Waals surface area contributed by atoms with E-state index in [-0.39, 0.29) is 5.97 Å². The number of aliphatic imine (C=N–C) groups is 1. The van der Waals surface area contributed by atoms with Crippen LogP contribution in [-0.2, 0) is 10.3 Å². The van der Waals surface area contributed by atoms with Crippen LogP contribution in [0.5, 0.6) is 11.5 Å². The molecule has 0 saturated heterocycles. The van der Waals surface area contributed by atoms with E-state index < -0.39 is 5.60 Å². The number of esters is 1. The molecule has 0 aliphatic carbocycles. The number of hydrogen-bond donors (Lipinski definition) is 1. The van der Waals surface area contributed by atoms with Gasteiger partial charge in [0.25, 0.3) is 0 Å². The molecule has 2 aliphatic heterocycles. The van der Waals surface area contributed by atoms with Crippen molar-refractivity contribution in [1.29, 1.82) is 0 Å². The quantitative estimate of drug-likeness (QED) is 0.449. The molecule has 5 heteroatoms. The summed E-state index contributed by atoms with van der Waals surface area (Å²) in [6.45, 7) is 5.92. The summed E-state index contributed by atoms with van der Waals surface area (Å²) in [6.07, 6.45) is 1.76. The lowest BCUT2D eigenvalue weighted by molar-refractivity contribution is 0.0224. The van der Waals surface area contributed by atoms with Gasteiger partial charge in [-0.25, -0.2) is 4.79 Å². The minimum absolute atomic E-state index is 0.326. The summed E-state index contributed by atoms with van der Waals surface area (Å²) < 4.78 is 12.6. The third kappa shape index (κ3) is 2.35. The molecule has 5 rings (SSSR count). The Labute approximate surface area is 175 Å². The van der Waals surface area contributed by atoms with Crippen LogP contribution in [0.2, 0.25) is 0 Å². The van der Waals surface area contributed by atoms with E-state index >= 15 is 0 Å². The fourth-order valence-corrected chi connectivity index (χ4v) is 4.51. The van der Waals surface area contributed by atoms with Gasteiger partial charge in [0.05, 0.1) is 11.3 Å². The minimum atomic E-state index is -1.05. The first-order chi connectivity index (χ1) is 14.5. The van der Waals surface area contributed by atoms with E-state index in [9.17, 15) is 4.79 Å². The van der Waals surface area contributed by atoms with Crippen LogP contribution in [0.25, 0.3) is 0 Å². The van der Waals surface area contributed by atoms with Crippen molar-refractivity contribution >= 4 is 23.6 Å². The number of aryl methyl sites for hydroxylation is 2. The van der Waals surface area contributed by atoms with Gasteiger partial charge in [0.1, 0.15) is 11.5 Å². The van der Waals surface area contributed by atoms with Gasteiger partial charge in [0, 0.05) is 47.8 Å². The Bertz CT molecular complexity index is 1250. The molecular formula is C25H22N2O3. The molecule has 1 unspecified atom stereocenters. The van der Waals surface area contributed by atoms with Crippen molar-refractivity contribution < 1.29 is 14.3 Å². The normalized spacial score (nSPS) is 18.6. The van der Waals surface area contributed by atoms with Crippen molar-refractivity contribution in [2.45, 2.75) is 26.4 Å². The highest BCUT2D eigenvalue weighted by Crippen LogP contribution is 2.57. The molecule has 150 valence electrons. The Balaban J connectivity index is 1.89. The van der Waals surface area contributed by atoms with Crippen LogP contribution < -0.4 is 10.1 Å². The second-order valence-electron chi connectivity index (χ2n) is 7.65. The van der Waals surface area contributed by atoms with E-state index in [0.717, 1.165) is 39.2 Å². The summed E-state index contributed by atoms with van der Waals surface area (Å²) in [4.78, 5) is 17.4. The van der Waals surface area contributed by atoms with Crippen molar-refractivity contribution in [3.05, 3.63) is 81.9 Å². The fraction of sp³-hybridized carbons (Fsp3) is 0.200. The molecule has 0 radical (unpaired) electrons. The third-order valence-corrected chi connectivity index (χ3v) is 5.91. The second kappa shape index (κ2) is 6.46. The van der Waals surface area contributed by atoms with Gasteiger partial charge in [-0.3, -0.25) is 4.99 Å². The van der Waals surface area contributed by atoms with Crippen molar-refractivity contribution in [3.63, 3.8) is 0 Å². The molecule has 0 aromatic heterocycles. The van der Waals surface area contributed by atoms with Crippen LogP contribution in [0.15, 0.2) is 53.5 Å². The van der Waals surface area contributed by atoms with Crippen molar-refractivity contribution in [2.24, 2.45) is 4.99 Å². The highest BCUT2D eigenvalue weighted by atomic mass is 16.6. The number of nitrogens with zero attached hydrogens (tertiary/aromatic N) is 1. The van der Waals surface area contributed by atoms with Crippen LogP contribution in [0, 0.1) is 13.8 Å². The van der Waals surface area contributed by atoms with Gasteiger partial charge in [-0.1, -0.05) is 18.2 Å². The number of hydrogen-bond acceptors (Lipinski definition) is 5. The molecule has 30 heavy (non-hydrogen) atoms. The molecule has 3 aromatic carbocycles. The molecule has 0 bridgehead atoms. The monoisotopic (exact) mass is 398 g/mol. The predicted octanol–water partition coefficient (Wildman–Crippen LogP) is 5.64. The number of carbonyl (C=O) groups is 1. The average molecular weight is 398 g/mol. The molecule has 2 heterocycles. The third-order valence-electron chi connectivity index (χ3n) is 5.91. The Kier molecular flexibility index (Phi) is 3.97. The number of nitrogens with one attached hydrogen (secondary N) is 1. The number of rotatable bonds is 2. The van der Waals surface area contributed by atoms with E-state index in [0.29, 0.717) is 17.1 Å². The predicted molar refractivity (Wildman–Crippen MR) is 118 cm³/mol. The zero-order valence-electron chi connectivity index (χ0n) is 17.4. The first-order valence-corrected chi connectivity index (χ1v) is 9.97. The van der Waals surface area contributed by atoms with Gasteiger partial charge in [-0.15, -0.1) is 0 Å². The Morgan fingerprint density at radius 1 is 0.967 bits per heavy atom. The molecular weight excluding hydrogens is 376 g/mol. The highest BCUT2D eigenvalue weighted by Gasteiger charge is 2.53. The maximum atomic E-state index is 12.9. The zero-order chi connectivity index (χ0) is 21.0. The van der Waals surface area contributed by atoms with E-state index in [4.69, 9.17) is 9.47 Å². The SMILES string of the molecule is CC=Nc1cc2c(cc1C)C1(OC(=O)c3ccccc31)c1cc(C)c(NC)cc1O2. The van der Waals surface area contributed by atoms with Crippen molar-refractivity contribution in [2.75, 3.05) is 12.4 Å². The minimum Gasteiger partial charge on any atom is -0.456 e. The molecule has 0 saturated carbocycles. The van der Waals surface area contributed by atoms with E-state index in [2.05, 4.69) is 10.3 Å². The first kappa shape index (κ1) is 18.4. The van der Waals surface area contributed by atoms with Gasteiger partial charge in [-0.05, 0) is 50.1 Å². The highest BCUT2D eigenvalue weighted by molar-refractivity contribution is 5.97. The fourth-order valence-electron chi connectivity index (χ4n) is 4.51. The summed E-state index contributed by atoms with van der Waals surface area (Å²) >= 11 is 0. The first-order valence-electron chi connectivity index (χ1n) is 9.97. The Morgan fingerprint density at radius 3 is 2.40 bits per heavy atom. The lowest BCUT2D eigenvalue weighted by Gasteiger charge is -2.37. The van der Waals surface area contributed by atoms with Gasteiger partial charge >= 0.3 is 5.97 Å². The van der Waals surface area contributed by atoms with Crippen molar-refractivity contribution in [1.82, 2.24) is 0 Å². The number of benzene rings is 3. The molecule has 1 atom stereocenters. The number of ether oxygens (including phenoxy) is 2. The summed E-state index contributed by atoms with van der Waals surface area (Å²) in [7, 11) is 1.88. The largest absolute Gasteiger partial charge is 0.456 e. The topological polar surface area (TPSA) is 59.9 Å². The molecule has 1 N–H and O–H groups in total. The second-order valence-corrected chi connectivity index (χ2v) is 7.65. The molecule has 5 nitrogen and oxygen atoms in total. The molecule has 2 aliphatic rings. The van der Waals surface area contributed by atoms with Gasteiger partial charge < -0.3 is 14.8 Å².